The first-order valence-electron chi connectivity index (χ1n) is 11.5. The van der Waals surface area contributed by atoms with Crippen LogP contribution >= 0.6 is 15.9 Å². The lowest BCUT2D eigenvalue weighted by molar-refractivity contribution is -0.164. The van der Waals surface area contributed by atoms with Gasteiger partial charge in [0.05, 0.1) is 6.10 Å². The van der Waals surface area contributed by atoms with Gasteiger partial charge in [-0.2, -0.15) is 0 Å². The third-order valence-electron chi connectivity index (χ3n) is 5.79. The molecule has 0 N–H and O–H groups in total. The molecule has 0 saturated heterocycles. The standard InChI is InChI=1S/C26H29BrN2O5/c1-4-13-26(2,3)34-20(30)15-31-18-11-8-12-19(14-18)32-24-22-21(17-9-6-5-7-10-17)23(27)33-25(22)29-16-28-24/h4-7,9-10,16,18-19H,1,8,11-15H2,2-3H3/t18-,19+/m1/s1. The molecule has 1 fully saturated rings. The molecule has 1 aromatic carbocycles. The summed E-state index contributed by atoms with van der Waals surface area (Å²) in [5.41, 5.74) is 1.72. The number of hydrogen-bond donors (Lipinski definition) is 0. The first-order valence-corrected chi connectivity index (χ1v) is 12.2. The van der Waals surface area contributed by atoms with Crippen molar-refractivity contribution in [3.63, 3.8) is 0 Å². The van der Waals surface area contributed by atoms with Crippen LogP contribution in [-0.4, -0.2) is 40.4 Å². The van der Waals surface area contributed by atoms with Crippen LogP contribution in [0.2, 0.25) is 0 Å². The van der Waals surface area contributed by atoms with Crippen LogP contribution in [0.4, 0.5) is 0 Å². The van der Waals surface area contributed by atoms with E-state index < -0.39 is 5.60 Å². The predicted molar refractivity (Wildman–Crippen MR) is 133 cm³/mol. The Morgan fingerprint density at radius 2 is 2.00 bits per heavy atom. The van der Waals surface area contributed by atoms with E-state index in [1.807, 2.05) is 44.2 Å². The molecular formula is C26H29BrN2O5. The van der Waals surface area contributed by atoms with Gasteiger partial charge in [-0.25, -0.2) is 14.8 Å². The molecule has 0 aliphatic heterocycles. The zero-order valence-electron chi connectivity index (χ0n) is 19.5. The van der Waals surface area contributed by atoms with Gasteiger partial charge in [0.1, 0.15) is 30.0 Å². The van der Waals surface area contributed by atoms with Crippen molar-refractivity contribution >= 4 is 33.0 Å². The summed E-state index contributed by atoms with van der Waals surface area (Å²) in [4.78, 5) is 20.9. The fraction of sp³-hybridized carbons (Fsp3) is 0.423. The van der Waals surface area contributed by atoms with Crippen LogP contribution in [0.5, 0.6) is 5.88 Å². The van der Waals surface area contributed by atoms with E-state index >= 15 is 0 Å². The maximum Gasteiger partial charge on any atom is 0.332 e. The maximum absolute atomic E-state index is 12.2. The molecule has 2 aromatic heterocycles. The number of halogens is 1. The number of furan rings is 1. The summed E-state index contributed by atoms with van der Waals surface area (Å²) in [7, 11) is 0. The normalized spacial score (nSPS) is 18.6. The monoisotopic (exact) mass is 528 g/mol. The van der Waals surface area contributed by atoms with Crippen molar-refractivity contribution in [1.82, 2.24) is 9.97 Å². The van der Waals surface area contributed by atoms with Crippen molar-refractivity contribution < 1.29 is 23.4 Å². The molecule has 2 atom stereocenters. The topological polar surface area (TPSA) is 83.7 Å². The molecule has 7 nitrogen and oxygen atoms in total. The maximum atomic E-state index is 12.2. The number of esters is 1. The highest BCUT2D eigenvalue weighted by atomic mass is 79.9. The summed E-state index contributed by atoms with van der Waals surface area (Å²) in [5, 5.41) is 0.733. The Labute approximate surface area is 207 Å². The average Bonchev–Trinajstić information content (AvgIpc) is 3.15. The molecule has 0 amide bonds. The van der Waals surface area contributed by atoms with Gasteiger partial charge >= 0.3 is 5.97 Å². The van der Waals surface area contributed by atoms with Gasteiger partial charge in [0.25, 0.3) is 0 Å². The Bertz CT molecular complexity index is 1140. The number of hydrogen-bond acceptors (Lipinski definition) is 7. The highest BCUT2D eigenvalue weighted by molar-refractivity contribution is 9.10. The second-order valence-electron chi connectivity index (χ2n) is 9.04. The lowest BCUT2D eigenvalue weighted by atomic mass is 9.95. The van der Waals surface area contributed by atoms with Crippen LogP contribution < -0.4 is 4.74 Å². The van der Waals surface area contributed by atoms with Crippen LogP contribution in [0.3, 0.4) is 0 Å². The van der Waals surface area contributed by atoms with Crippen molar-refractivity contribution in [1.29, 1.82) is 0 Å². The van der Waals surface area contributed by atoms with E-state index in [2.05, 4.69) is 32.5 Å². The molecule has 180 valence electrons. The number of benzene rings is 1. The molecule has 3 aromatic rings. The van der Waals surface area contributed by atoms with Gasteiger partial charge in [0.15, 0.2) is 4.67 Å². The Balaban J connectivity index is 1.44. The number of carbonyl (C=O) groups excluding carboxylic acids is 1. The molecule has 1 aliphatic rings. The fourth-order valence-electron chi connectivity index (χ4n) is 4.26. The molecule has 0 radical (unpaired) electrons. The average molecular weight is 529 g/mol. The van der Waals surface area contributed by atoms with E-state index in [-0.39, 0.29) is 24.8 Å². The van der Waals surface area contributed by atoms with Crippen LogP contribution in [-0.2, 0) is 14.3 Å². The lowest BCUT2D eigenvalue weighted by Crippen LogP contribution is -2.34. The molecule has 0 spiro atoms. The Hall–Kier alpha value is -2.71. The van der Waals surface area contributed by atoms with Crippen molar-refractivity contribution in [2.45, 2.75) is 63.8 Å². The molecule has 1 aliphatic carbocycles. The van der Waals surface area contributed by atoms with Crippen LogP contribution in [0, 0.1) is 0 Å². The lowest BCUT2D eigenvalue weighted by Gasteiger charge is -2.30. The zero-order valence-corrected chi connectivity index (χ0v) is 21.0. The van der Waals surface area contributed by atoms with E-state index in [0.29, 0.717) is 29.1 Å². The highest BCUT2D eigenvalue weighted by Crippen LogP contribution is 2.41. The number of nitrogens with zero attached hydrogens (tertiary/aromatic N) is 2. The Kier molecular flexibility index (Phi) is 7.68. The number of rotatable bonds is 9. The van der Waals surface area contributed by atoms with Crippen LogP contribution in [0.15, 0.2) is 58.4 Å². The molecule has 1 saturated carbocycles. The van der Waals surface area contributed by atoms with Crippen LogP contribution in [0.1, 0.15) is 46.0 Å². The first kappa shape index (κ1) is 24.4. The largest absolute Gasteiger partial charge is 0.474 e. The van der Waals surface area contributed by atoms with E-state index in [9.17, 15) is 4.79 Å². The summed E-state index contributed by atoms with van der Waals surface area (Å²) in [6.45, 7) is 7.34. The van der Waals surface area contributed by atoms with Crippen LogP contribution in [0.25, 0.3) is 22.2 Å². The number of aromatic nitrogens is 2. The molecular weight excluding hydrogens is 500 g/mol. The summed E-state index contributed by atoms with van der Waals surface area (Å²) >= 11 is 3.52. The minimum Gasteiger partial charge on any atom is -0.474 e. The molecule has 4 rings (SSSR count). The van der Waals surface area contributed by atoms with E-state index in [1.165, 1.54) is 6.33 Å². The molecule has 0 bridgehead atoms. The van der Waals surface area contributed by atoms with Crippen molar-refractivity contribution in [3.05, 3.63) is 54.0 Å². The van der Waals surface area contributed by atoms with E-state index in [4.69, 9.17) is 18.6 Å². The molecule has 8 heteroatoms. The van der Waals surface area contributed by atoms with Gasteiger partial charge < -0.3 is 18.6 Å². The number of carbonyl (C=O) groups is 1. The minimum atomic E-state index is -0.589. The van der Waals surface area contributed by atoms with Gasteiger partial charge in [-0.3, -0.25) is 0 Å². The Morgan fingerprint density at radius 1 is 1.24 bits per heavy atom. The van der Waals surface area contributed by atoms with Gasteiger partial charge in [-0.05, 0) is 54.6 Å². The first-order chi connectivity index (χ1) is 16.4. The van der Waals surface area contributed by atoms with E-state index in [0.717, 1.165) is 35.8 Å². The Morgan fingerprint density at radius 3 is 2.76 bits per heavy atom. The number of ether oxygens (including phenoxy) is 3. The number of fused-ring (bicyclic) bond motifs is 1. The zero-order chi connectivity index (χ0) is 24.1. The van der Waals surface area contributed by atoms with Gasteiger partial charge in [-0.1, -0.05) is 36.4 Å². The third-order valence-corrected chi connectivity index (χ3v) is 6.35. The van der Waals surface area contributed by atoms with Crippen molar-refractivity contribution in [2.24, 2.45) is 0 Å². The van der Waals surface area contributed by atoms with Gasteiger partial charge in [-0.15, -0.1) is 6.58 Å². The molecule has 2 heterocycles. The predicted octanol–water partition coefficient (Wildman–Crippen LogP) is 6.26. The summed E-state index contributed by atoms with van der Waals surface area (Å²) < 4.78 is 24.2. The molecule has 0 unspecified atom stereocenters. The summed E-state index contributed by atoms with van der Waals surface area (Å²) in [6.07, 6.45) is 6.93. The summed E-state index contributed by atoms with van der Waals surface area (Å²) in [6, 6.07) is 9.92. The van der Waals surface area contributed by atoms with Gasteiger partial charge in [0.2, 0.25) is 11.6 Å². The minimum absolute atomic E-state index is 0.0808. The fourth-order valence-corrected chi connectivity index (χ4v) is 4.84. The summed E-state index contributed by atoms with van der Waals surface area (Å²) in [5.74, 6) is 0.109. The molecule has 34 heavy (non-hydrogen) atoms. The second-order valence-corrected chi connectivity index (χ2v) is 9.76. The van der Waals surface area contributed by atoms with Crippen molar-refractivity contribution in [3.8, 4) is 17.0 Å². The quantitative estimate of drug-likeness (QED) is 0.239. The van der Waals surface area contributed by atoms with Gasteiger partial charge in [0, 0.05) is 18.4 Å². The smallest absolute Gasteiger partial charge is 0.332 e. The van der Waals surface area contributed by atoms with E-state index in [1.54, 1.807) is 6.08 Å². The SMILES string of the molecule is C=CCC(C)(C)OC(=O)CO[C@@H]1CCC[C@H](Oc2ncnc3oc(Br)c(-c4ccccc4)c23)C1. The third kappa shape index (κ3) is 5.85. The second kappa shape index (κ2) is 10.7. The highest BCUT2D eigenvalue weighted by Gasteiger charge is 2.28. The van der Waals surface area contributed by atoms with Crippen molar-refractivity contribution in [2.75, 3.05) is 6.61 Å².